The minimum atomic E-state index is -1.02. The maximum absolute atomic E-state index is 14.1. The molecule has 5 nitrogen and oxygen atoms in total. The van der Waals surface area contributed by atoms with Crippen molar-refractivity contribution in [2.75, 3.05) is 13.1 Å². The van der Waals surface area contributed by atoms with Crippen molar-refractivity contribution in [2.45, 2.75) is 51.0 Å². The summed E-state index contributed by atoms with van der Waals surface area (Å²) in [4.78, 5) is 18.3. The Labute approximate surface area is 208 Å². The van der Waals surface area contributed by atoms with Gasteiger partial charge in [0.15, 0.2) is 11.6 Å². The molecule has 1 unspecified atom stereocenters. The lowest BCUT2D eigenvalue weighted by Gasteiger charge is -2.39. The Morgan fingerprint density at radius 3 is 2.39 bits per heavy atom. The molecule has 2 aliphatic rings. The maximum Gasteiger partial charge on any atom is 0.217 e. The third-order valence-corrected chi connectivity index (χ3v) is 7.51. The smallest absolute Gasteiger partial charge is 0.217 e. The fraction of sp³-hybridized carbons (Fsp3) is 0.357. The van der Waals surface area contributed by atoms with Crippen molar-refractivity contribution in [2.24, 2.45) is 0 Å². The van der Waals surface area contributed by atoms with Gasteiger partial charge in [-0.25, -0.2) is 13.2 Å². The molecule has 0 saturated carbocycles. The Morgan fingerprint density at radius 1 is 1.03 bits per heavy atom. The zero-order chi connectivity index (χ0) is 25.5. The number of nitrogens with zero attached hydrogens (tertiary/aromatic N) is 2. The molecule has 1 N–H and O–H groups in total. The second-order valence-electron chi connectivity index (χ2n) is 9.84. The van der Waals surface area contributed by atoms with E-state index < -0.39 is 22.8 Å². The van der Waals surface area contributed by atoms with Gasteiger partial charge in [-0.15, -0.1) is 0 Å². The Morgan fingerprint density at radius 2 is 1.72 bits per heavy atom. The summed E-state index contributed by atoms with van der Waals surface area (Å²) < 4.78 is 47.7. The van der Waals surface area contributed by atoms with Gasteiger partial charge >= 0.3 is 0 Å². The number of aromatic nitrogens is 1. The normalized spacial score (nSPS) is 18.6. The molecule has 36 heavy (non-hydrogen) atoms. The Kier molecular flexibility index (Phi) is 6.34. The number of hydrogen-bond donors (Lipinski definition) is 1. The highest BCUT2D eigenvalue weighted by Gasteiger charge is 2.44. The van der Waals surface area contributed by atoms with Crippen molar-refractivity contribution in [1.82, 2.24) is 15.2 Å². The number of likely N-dealkylation sites (tertiary alicyclic amines) is 1. The summed E-state index contributed by atoms with van der Waals surface area (Å²) in [6.07, 6.45) is 4.50. The van der Waals surface area contributed by atoms with Gasteiger partial charge in [-0.3, -0.25) is 14.7 Å². The second-order valence-corrected chi connectivity index (χ2v) is 9.84. The minimum absolute atomic E-state index is 0.278. The Balaban J connectivity index is 1.29. The largest absolute Gasteiger partial charge is 0.365 e. The summed E-state index contributed by atoms with van der Waals surface area (Å²) in [7, 11) is 0. The molecule has 1 aromatic heterocycles. The summed E-state index contributed by atoms with van der Waals surface area (Å²) in [5, 5.41) is 2.89. The molecule has 2 aromatic carbocycles. The van der Waals surface area contributed by atoms with Gasteiger partial charge in [-0.1, -0.05) is 30.3 Å². The van der Waals surface area contributed by atoms with E-state index in [4.69, 9.17) is 4.74 Å². The Hall–Kier alpha value is -3.23. The highest BCUT2D eigenvalue weighted by atomic mass is 19.2. The van der Waals surface area contributed by atoms with Crippen molar-refractivity contribution in [3.8, 4) is 0 Å². The number of ether oxygens (including phenoxy) is 1. The number of pyridine rings is 1. The van der Waals surface area contributed by atoms with Crippen LogP contribution in [0.15, 0.2) is 54.9 Å². The molecule has 3 aromatic rings. The first-order valence-electron chi connectivity index (χ1n) is 12.0. The lowest BCUT2D eigenvalue weighted by atomic mass is 9.83. The summed E-state index contributed by atoms with van der Waals surface area (Å²) in [6, 6.07) is 11.5. The molecular weight excluding hydrogens is 467 g/mol. The van der Waals surface area contributed by atoms with E-state index >= 15 is 0 Å². The highest BCUT2D eigenvalue weighted by Crippen LogP contribution is 2.44. The van der Waals surface area contributed by atoms with E-state index in [1.807, 2.05) is 24.3 Å². The van der Waals surface area contributed by atoms with E-state index in [1.165, 1.54) is 19.2 Å². The van der Waals surface area contributed by atoms with Crippen LogP contribution in [-0.4, -0.2) is 28.9 Å². The van der Waals surface area contributed by atoms with Gasteiger partial charge in [0.2, 0.25) is 5.91 Å². The standard InChI is InChI=1S/C28H28F3N3O2/c1-18(35)33-27(2,21-7-8-24(29)25(30)13-21)20-5-3-19(4-6-20)16-34-11-9-28(10-12-34)23-14-32-15-26(31)22(23)17-36-28/h3-8,13-15H,9-12,16-17H2,1-2H3,(H,33,35). The lowest BCUT2D eigenvalue weighted by Crippen LogP contribution is -2.43. The van der Waals surface area contributed by atoms with Gasteiger partial charge < -0.3 is 10.1 Å². The Bertz CT molecular complexity index is 1290. The summed E-state index contributed by atoms with van der Waals surface area (Å²) in [6.45, 7) is 5.79. The van der Waals surface area contributed by atoms with Gasteiger partial charge in [-0.05, 0) is 48.6 Å². The zero-order valence-electron chi connectivity index (χ0n) is 20.3. The molecule has 1 atom stereocenters. The monoisotopic (exact) mass is 495 g/mol. The van der Waals surface area contributed by atoms with Crippen LogP contribution >= 0.6 is 0 Å². The molecule has 3 heterocycles. The molecule has 0 radical (unpaired) electrons. The number of rotatable bonds is 5. The summed E-state index contributed by atoms with van der Waals surface area (Å²) in [5.41, 5.74) is 2.32. The molecule has 8 heteroatoms. The summed E-state index contributed by atoms with van der Waals surface area (Å²) in [5.74, 6) is -2.48. The average Bonchev–Trinajstić information content (AvgIpc) is 3.21. The number of carbonyl (C=O) groups is 1. The molecule has 0 bridgehead atoms. The molecule has 1 fully saturated rings. The second kappa shape index (κ2) is 9.33. The van der Waals surface area contributed by atoms with E-state index in [-0.39, 0.29) is 18.3 Å². The molecule has 188 valence electrons. The fourth-order valence-electron chi connectivity index (χ4n) is 5.45. The van der Waals surface area contributed by atoms with E-state index in [0.717, 1.165) is 61.3 Å². The molecule has 2 aliphatic heterocycles. The van der Waals surface area contributed by atoms with Crippen molar-refractivity contribution in [3.63, 3.8) is 0 Å². The SMILES string of the molecule is CC(=O)NC(C)(c1ccc(CN2CCC3(CC2)OCc2c(F)cncc23)cc1)c1ccc(F)c(F)c1. The van der Waals surface area contributed by atoms with Gasteiger partial charge in [-0.2, -0.15) is 0 Å². The van der Waals surface area contributed by atoms with Crippen LogP contribution in [0.2, 0.25) is 0 Å². The van der Waals surface area contributed by atoms with E-state index in [0.29, 0.717) is 11.1 Å². The first kappa shape index (κ1) is 24.5. The van der Waals surface area contributed by atoms with Crippen LogP contribution < -0.4 is 5.32 Å². The number of benzene rings is 2. The predicted molar refractivity (Wildman–Crippen MR) is 128 cm³/mol. The third kappa shape index (κ3) is 4.40. The van der Waals surface area contributed by atoms with Gasteiger partial charge in [0.1, 0.15) is 5.82 Å². The lowest BCUT2D eigenvalue weighted by molar-refractivity contribution is -0.120. The summed E-state index contributed by atoms with van der Waals surface area (Å²) >= 11 is 0. The first-order chi connectivity index (χ1) is 17.2. The van der Waals surface area contributed by atoms with Crippen LogP contribution in [0.4, 0.5) is 13.2 Å². The van der Waals surface area contributed by atoms with Gasteiger partial charge in [0.05, 0.1) is 23.9 Å². The zero-order valence-corrected chi connectivity index (χ0v) is 20.3. The molecule has 1 saturated heterocycles. The van der Waals surface area contributed by atoms with Crippen LogP contribution in [0.5, 0.6) is 0 Å². The van der Waals surface area contributed by atoms with Crippen LogP contribution in [0, 0.1) is 17.5 Å². The molecule has 1 spiro atoms. The fourth-order valence-corrected chi connectivity index (χ4v) is 5.45. The van der Waals surface area contributed by atoms with Crippen LogP contribution in [0.1, 0.15) is 54.5 Å². The van der Waals surface area contributed by atoms with Crippen molar-refractivity contribution >= 4 is 5.91 Å². The van der Waals surface area contributed by atoms with Crippen molar-refractivity contribution in [3.05, 3.63) is 100 Å². The molecule has 5 rings (SSSR count). The number of halogens is 3. The number of amides is 1. The van der Waals surface area contributed by atoms with Crippen molar-refractivity contribution in [1.29, 1.82) is 0 Å². The van der Waals surface area contributed by atoms with Crippen molar-refractivity contribution < 1.29 is 22.7 Å². The first-order valence-corrected chi connectivity index (χ1v) is 12.0. The highest BCUT2D eigenvalue weighted by molar-refractivity contribution is 5.75. The quantitative estimate of drug-likeness (QED) is 0.546. The number of hydrogen-bond acceptors (Lipinski definition) is 4. The van der Waals surface area contributed by atoms with E-state index in [2.05, 4.69) is 15.2 Å². The number of carbonyl (C=O) groups excluding carboxylic acids is 1. The molecular formula is C28H28F3N3O2. The van der Waals surface area contributed by atoms with Gasteiger partial charge in [0.25, 0.3) is 0 Å². The van der Waals surface area contributed by atoms with Crippen LogP contribution in [0.25, 0.3) is 0 Å². The molecule has 0 aliphatic carbocycles. The van der Waals surface area contributed by atoms with E-state index in [1.54, 1.807) is 13.1 Å². The average molecular weight is 496 g/mol. The predicted octanol–water partition coefficient (Wildman–Crippen LogP) is 4.92. The number of piperidine rings is 1. The maximum atomic E-state index is 14.1. The van der Waals surface area contributed by atoms with Crippen LogP contribution in [-0.2, 0) is 33.8 Å². The van der Waals surface area contributed by atoms with Crippen LogP contribution in [0.3, 0.4) is 0 Å². The topological polar surface area (TPSA) is 54.5 Å². The molecule has 1 amide bonds. The number of fused-ring (bicyclic) bond motifs is 2. The third-order valence-electron chi connectivity index (χ3n) is 7.51. The number of nitrogens with one attached hydrogen (secondary N) is 1. The van der Waals surface area contributed by atoms with E-state index in [9.17, 15) is 18.0 Å². The minimum Gasteiger partial charge on any atom is -0.365 e. The van der Waals surface area contributed by atoms with Gasteiger partial charge in [0, 0.05) is 43.9 Å².